The number of anilines is 5. The van der Waals surface area contributed by atoms with Gasteiger partial charge in [0.1, 0.15) is 0 Å². The van der Waals surface area contributed by atoms with E-state index in [4.69, 9.17) is 0 Å². The van der Waals surface area contributed by atoms with Gasteiger partial charge in [-0.05, 0) is 115 Å². The van der Waals surface area contributed by atoms with Crippen LogP contribution in [0.4, 0.5) is 28.4 Å². The average molecular weight is 533 g/mol. The van der Waals surface area contributed by atoms with Crippen molar-refractivity contribution in [2.75, 3.05) is 9.80 Å². The van der Waals surface area contributed by atoms with Crippen LogP contribution in [-0.2, 0) is 0 Å². The molecular formula is C39H36N2. The minimum Gasteiger partial charge on any atom is -0.311 e. The molecular weight excluding hydrogens is 496 g/mol. The van der Waals surface area contributed by atoms with Crippen LogP contribution in [0.3, 0.4) is 0 Å². The predicted molar refractivity (Wildman–Crippen MR) is 176 cm³/mol. The van der Waals surface area contributed by atoms with E-state index in [0.717, 1.165) is 29.2 Å². The van der Waals surface area contributed by atoms with Gasteiger partial charge < -0.3 is 9.80 Å². The summed E-state index contributed by atoms with van der Waals surface area (Å²) in [6.07, 6.45) is 7.98. The molecule has 1 atom stereocenters. The molecule has 0 amide bonds. The molecule has 1 aliphatic rings. The smallest absolute Gasteiger partial charge is 0.0464 e. The average Bonchev–Trinajstić information content (AvgIpc) is 3.00. The van der Waals surface area contributed by atoms with Gasteiger partial charge in [-0.3, -0.25) is 0 Å². The largest absolute Gasteiger partial charge is 0.311 e. The van der Waals surface area contributed by atoms with Gasteiger partial charge in [-0.1, -0.05) is 85.8 Å². The molecule has 0 spiro atoms. The second kappa shape index (κ2) is 11.7. The number of hydrogen-bond acceptors (Lipinski definition) is 2. The molecule has 41 heavy (non-hydrogen) atoms. The van der Waals surface area contributed by atoms with Gasteiger partial charge in [0, 0.05) is 34.1 Å². The molecule has 0 saturated heterocycles. The van der Waals surface area contributed by atoms with Crippen molar-refractivity contribution in [1.29, 1.82) is 0 Å². The van der Waals surface area contributed by atoms with Gasteiger partial charge in [-0.2, -0.15) is 0 Å². The Kier molecular flexibility index (Phi) is 7.56. The van der Waals surface area contributed by atoms with E-state index < -0.39 is 0 Å². The lowest BCUT2D eigenvalue weighted by molar-refractivity contribution is 0.728. The predicted octanol–water partition coefficient (Wildman–Crippen LogP) is 11.1. The molecule has 2 nitrogen and oxygen atoms in total. The molecule has 0 aromatic heterocycles. The van der Waals surface area contributed by atoms with Gasteiger partial charge in [0.25, 0.3) is 0 Å². The number of hydrogen-bond donors (Lipinski definition) is 0. The van der Waals surface area contributed by atoms with E-state index in [2.05, 4.69) is 176 Å². The minimum absolute atomic E-state index is 0.576. The van der Waals surface area contributed by atoms with Crippen LogP contribution in [0.15, 0.2) is 151 Å². The number of nitrogens with zero attached hydrogens (tertiary/aromatic N) is 2. The molecule has 0 aliphatic heterocycles. The second-order valence-electron chi connectivity index (χ2n) is 11.0. The quantitative estimate of drug-likeness (QED) is 0.206. The third kappa shape index (κ3) is 5.88. The van der Waals surface area contributed by atoms with Gasteiger partial charge in [-0.25, -0.2) is 0 Å². The van der Waals surface area contributed by atoms with Crippen LogP contribution >= 0.6 is 0 Å². The van der Waals surface area contributed by atoms with Crippen LogP contribution < -0.4 is 9.80 Å². The first-order chi connectivity index (χ1) is 20.0. The fraction of sp³-hybridized carbons (Fsp3) is 0.128. The van der Waals surface area contributed by atoms with Gasteiger partial charge in [0.15, 0.2) is 0 Å². The summed E-state index contributed by atoms with van der Waals surface area (Å²) in [4.78, 5) is 4.67. The molecule has 5 aromatic carbocycles. The summed E-state index contributed by atoms with van der Waals surface area (Å²) < 4.78 is 0. The maximum Gasteiger partial charge on any atom is 0.0464 e. The Balaban J connectivity index is 1.31. The number of allylic oxidation sites excluding steroid dienone is 3. The molecule has 1 aliphatic carbocycles. The summed E-state index contributed by atoms with van der Waals surface area (Å²) in [6.45, 7) is 6.56. The Morgan fingerprint density at radius 1 is 0.512 bits per heavy atom. The fourth-order valence-corrected chi connectivity index (χ4v) is 5.49. The van der Waals surface area contributed by atoms with E-state index in [9.17, 15) is 0 Å². The van der Waals surface area contributed by atoms with Gasteiger partial charge in [0.2, 0.25) is 0 Å². The van der Waals surface area contributed by atoms with Crippen LogP contribution in [0.5, 0.6) is 0 Å². The summed E-state index contributed by atoms with van der Waals surface area (Å²) in [7, 11) is 0. The molecule has 2 heteroatoms. The minimum atomic E-state index is 0.576. The zero-order chi connectivity index (χ0) is 28.2. The molecule has 5 aromatic rings. The van der Waals surface area contributed by atoms with Gasteiger partial charge in [-0.15, -0.1) is 0 Å². The van der Waals surface area contributed by atoms with Crippen LogP contribution in [0, 0.1) is 19.8 Å². The molecule has 0 bridgehead atoms. The number of rotatable bonds is 7. The lowest BCUT2D eigenvalue weighted by Crippen LogP contribution is -2.17. The zero-order valence-corrected chi connectivity index (χ0v) is 24.0. The first-order valence-electron chi connectivity index (χ1n) is 14.4. The van der Waals surface area contributed by atoms with Crippen molar-refractivity contribution >= 4 is 28.4 Å². The number of para-hydroxylation sites is 1. The summed E-state index contributed by atoms with van der Waals surface area (Å²) in [6, 6.07) is 45.8. The Hall–Kier alpha value is -4.82. The highest BCUT2D eigenvalue weighted by atomic mass is 15.1. The summed E-state index contributed by atoms with van der Waals surface area (Å²) in [5, 5.41) is 0. The van der Waals surface area contributed by atoms with Crippen molar-refractivity contribution in [3.63, 3.8) is 0 Å². The zero-order valence-electron chi connectivity index (χ0n) is 24.0. The number of aryl methyl sites for hydroxylation is 2. The van der Waals surface area contributed by atoms with Crippen molar-refractivity contribution < 1.29 is 0 Å². The molecule has 0 heterocycles. The van der Waals surface area contributed by atoms with Crippen LogP contribution in [0.25, 0.3) is 11.1 Å². The normalized spacial score (nSPS) is 14.4. The monoisotopic (exact) mass is 532 g/mol. The molecule has 6 rings (SSSR count). The molecule has 202 valence electrons. The van der Waals surface area contributed by atoms with Crippen LogP contribution in [0.2, 0.25) is 0 Å². The standard InChI is InChI=1S/C39H36N2/c1-29-15-21-35(22-16-29)41(39-14-8-10-31(3)28-39)37-25-19-33(20-26-37)32-17-23-36(24-18-32)40(34-11-5-4-6-12-34)38-13-7-9-30(2)27-38/h4-15,17-29H,16H2,1-3H3. The van der Waals surface area contributed by atoms with Crippen molar-refractivity contribution in [1.82, 2.24) is 0 Å². The maximum atomic E-state index is 2.36. The fourth-order valence-electron chi connectivity index (χ4n) is 5.49. The van der Waals surface area contributed by atoms with E-state index in [0.29, 0.717) is 5.92 Å². The number of benzene rings is 5. The molecule has 0 saturated carbocycles. The Labute approximate surface area is 244 Å². The van der Waals surface area contributed by atoms with Crippen molar-refractivity contribution in [2.24, 2.45) is 5.92 Å². The SMILES string of the molecule is Cc1cccc(N(C2=CCC(C)C=C2)c2ccc(-c3ccc(N(c4ccccc4)c4cccc(C)c4)cc3)cc2)c1. The lowest BCUT2D eigenvalue weighted by atomic mass is 9.99. The van der Waals surface area contributed by atoms with Gasteiger partial charge >= 0.3 is 0 Å². The van der Waals surface area contributed by atoms with Crippen LogP contribution in [0.1, 0.15) is 24.5 Å². The summed E-state index contributed by atoms with van der Waals surface area (Å²) >= 11 is 0. The summed E-state index contributed by atoms with van der Waals surface area (Å²) in [5.41, 5.74) is 11.9. The third-order valence-corrected chi connectivity index (χ3v) is 7.67. The highest BCUT2D eigenvalue weighted by molar-refractivity contribution is 5.79. The molecule has 0 radical (unpaired) electrons. The molecule has 0 N–H and O–H groups in total. The second-order valence-corrected chi connectivity index (χ2v) is 11.0. The van der Waals surface area contributed by atoms with Gasteiger partial charge in [0.05, 0.1) is 0 Å². The Bertz CT molecular complexity index is 1680. The highest BCUT2D eigenvalue weighted by Crippen LogP contribution is 2.37. The van der Waals surface area contributed by atoms with Crippen molar-refractivity contribution in [3.05, 3.63) is 162 Å². The van der Waals surface area contributed by atoms with E-state index >= 15 is 0 Å². The van der Waals surface area contributed by atoms with E-state index in [-0.39, 0.29) is 0 Å². The van der Waals surface area contributed by atoms with E-state index in [1.54, 1.807) is 0 Å². The van der Waals surface area contributed by atoms with Crippen molar-refractivity contribution in [2.45, 2.75) is 27.2 Å². The van der Waals surface area contributed by atoms with Crippen LogP contribution in [-0.4, -0.2) is 0 Å². The van der Waals surface area contributed by atoms with E-state index in [1.807, 2.05) is 0 Å². The topological polar surface area (TPSA) is 6.48 Å². The third-order valence-electron chi connectivity index (χ3n) is 7.67. The first-order valence-corrected chi connectivity index (χ1v) is 14.4. The first kappa shape index (κ1) is 26.4. The molecule has 0 fully saturated rings. The van der Waals surface area contributed by atoms with Crippen molar-refractivity contribution in [3.8, 4) is 11.1 Å². The lowest BCUT2D eigenvalue weighted by Gasteiger charge is -2.29. The highest BCUT2D eigenvalue weighted by Gasteiger charge is 2.17. The maximum absolute atomic E-state index is 2.36. The van der Waals surface area contributed by atoms with E-state index in [1.165, 1.54) is 33.6 Å². The Morgan fingerprint density at radius 3 is 1.51 bits per heavy atom. The summed E-state index contributed by atoms with van der Waals surface area (Å²) in [5.74, 6) is 0.576. The molecule has 1 unspecified atom stereocenters. The Morgan fingerprint density at radius 2 is 1.00 bits per heavy atom.